The molecule has 0 spiro atoms. The van der Waals surface area contributed by atoms with Crippen molar-refractivity contribution in [2.75, 3.05) is 26.7 Å². The zero-order valence-corrected chi connectivity index (χ0v) is 16.3. The van der Waals surface area contributed by atoms with Crippen LogP contribution in [0.25, 0.3) is 11.0 Å². The van der Waals surface area contributed by atoms with Gasteiger partial charge in [-0.1, -0.05) is 12.1 Å². The van der Waals surface area contributed by atoms with E-state index in [2.05, 4.69) is 48.8 Å². The van der Waals surface area contributed by atoms with E-state index in [1.807, 2.05) is 24.4 Å². The van der Waals surface area contributed by atoms with E-state index in [9.17, 15) is 5.11 Å². The number of rotatable bonds is 6. The maximum absolute atomic E-state index is 10.7. The highest BCUT2D eigenvalue weighted by Gasteiger charge is 2.30. The molecule has 0 radical (unpaired) electrons. The first-order valence-corrected chi connectivity index (χ1v) is 10.1. The summed E-state index contributed by atoms with van der Waals surface area (Å²) in [6.07, 6.45) is 3.38. The summed E-state index contributed by atoms with van der Waals surface area (Å²) in [6.45, 7) is 3.44. The first-order valence-electron chi connectivity index (χ1n) is 9.41. The molecule has 7 heteroatoms. The number of benzene rings is 1. The summed E-state index contributed by atoms with van der Waals surface area (Å²) >= 11 is 1.25. The van der Waals surface area contributed by atoms with Gasteiger partial charge in [0.25, 0.3) is 0 Å². The Balaban J connectivity index is 1.30. The number of hydrogen-bond donors (Lipinski definition) is 1. The fourth-order valence-corrected chi connectivity index (χ4v) is 4.35. The topological polar surface area (TPSA) is 65.4 Å². The Kier molecular flexibility index (Phi) is 5.73. The lowest BCUT2D eigenvalue weighted by Crippen LogP contribution is -2.53. The molecule has 1 aliphatic heterocycles. The van der Waals surface area contributed by atoms with Crippen LogP contribution in [0.15, 0.2) is 42.6 Å². The quantitative estimate of drug-likeness (QED) is 0.704. The second-order valence-electron chi connectivity index (χ2n) is 7.30. The molecule has 1 fully saturated rings. The SMILES string of the molecule is CN(CCc1ccccn1)[C@@H]1CCN(Cc2ccc3nsnc3c2)C[C@H]1O. The number of hydrogen-bond acceptors (Lipinski definition) is 7. The number of aliphatic hydroxyl groups is 1. The van der Waals surface area contributed by atoms with Crippen molar-refractivity contribution in [2.24, 2.45) is 0 Å². The van der Waals surface area contributed by atoms with Crippen molar-refractivity contribution in [3.63, 3.8) is 0 Å². The zero-order valence-electron chi connectivity index (χ0n) is 15.5. The van der Waals surface area contributed by atoms with Gasteiger partial charge < -0.3 is 10.0 Å². The van der Waals surface area contributed by atoms with E-state index in [4.69, 9.17) is 0 Å². The fraction of sp³-hybridized carbons (Fsp3) is 0.450. The Morgan fingerprint density at radius 3 is 2.93 bits per heavy atom. The van der Waals surface area contributed by atoms with Crippen molar-refractivity contribution in [1.29, 1.82) is 0 Å². The van der Waals surface area contributed by atoms with E-state index in [-0.39, 0.29) is 12.1 Å². The Bertz CT molecular complexity index is 871. The standard InChI is InChI=1S/C20H25N5OS/c1-24(10-7-16-4-2-3-9-21-16)19-8-11-25(14-20(19)26)13-15-5-6-17-18(12-15)23-27-22-17/h2-6,9,12,19-20,26H,7-8,10-11,13-14H2,1H3/t19-,20-/m1/s1. The molecule has 0 bridgehead atoms. The van der Waals surface area contributed by atoms with Crippen LogP contribution in [0.4, 0.5) is 0 Å². The van der Waals surface area contributed by atoms with Crippen LogP contribution in [-0.2, 0) is 13.0 Å². The number of nitrogens with zero attached hydrogens (tertiary/aromatic N) is 5. The molecule has 0 unspecified atom stereocenters. The molecule has 3 aromatic rings. The van der Waals surface area contributed by atoms with Gasteiger partial charge in [-0.25, -0.2) is 0 Å². The average molecular weight is 384 g/mol. The molecule has 1 aliphatic rings. The van der Waals surface area contributed by atoms with E-state index in [0.717, 1.165) is 49.2 Å². The molecule has 6 nitrogen and oxygen atoms in total. The van der Waals surface area contributed by atoms with Gasteiger partial charge in [-0.2, -0.15) is 8.75 Å². The van der Waals surface area contributed by atoms with Crippen molar-refractivity contribution in [2.45, 2.75) is 31.5 Å². The molecule has 142 valence electrons. The van der Waals surface area contributed by atoms with Crippen molar-refractivity contribution >= 4 is 22.8 Å². The lowest BCUT2D eigenvalue weighted by molar-refractivity contribution is -0.00618. The van der Waals surface area contributed by atoms with Crippen LogP contribution in [0.5, 0.6) is 0 Å². The van der Waals surface area contributed by atoms with Crippen LogP contribution >= 0.6 is 11.7 Å². The summed E-state index contributed by atoms with van der Waals surface area (Å²) in [7, 11) is 2.11. The van der Waals surface area contributed by atoms with Gasteiger partial charge in [0, 0.05) is 50.5 Å². The van der Waals surface area contributed by atoms with E-state index in [0.29, 0.717) is 6.54 Å². The molecular formula is C20H25N5OS. The number of aliphatic hydroxyl groups excluding tert-OH is 1. The number of β-amino-alcohol motifs (C(OH)–C–C–N with tert-alkyl or cyclic N) is 1. The van der Waals surface area contributed by atoms with Gasteiger partial charge in [0.2, 0.25) is 0 Å². The monoisotopic (exact) mass is 383 g/mol. The highest BCUT2D eigenvalue weighted by molar-refractivity contribution is 7.00. The van der Waals surface area contributed by atoms with E-state index in [1.54, 1.807) is 0 Å². The van der Waals surface area contributed by atoms with Crippen LogP contribution in [0.2, 0.25) is 0 Å². The smallest absolute Gasteiger partial charge is 0.105 e. The third-order valence-electron chi connectivity index (χ3n) is 5.37. The third-order valence-corrected chi connectivity index (χ3v) is 5.92. The number of fused-ring (bicyclic) bond motifs is 1. The van der Waals surface area contributed by atoms with Crippen molar-refractivity contribution < 1.29 is 5.11 Å². The van der Waals surface area contributed by atoms with Gasteiger partial charge in [-0.05, 0) is 43.3 Å². The van der Waals surface area contributed by atoms with Gasteiger partial charge in [0.05, 0.1) is 17.8 Å². The molecule has 0 amide bonds. The molecule has 27 heavy (non-hydrogen) atoms. The van der Waals surface area contributed by atoms with Gasteiger partial charge in [-0.15, -0.1) is 0 Å². The predicted molar refractivity (Wildman–Crippen MR) is 108 cm³/mol. The van der Waals surface area contributed by atoms with Crippen LogP contribution < -0.4 is 0 Å². The highest BCUT2D eigenvalue weighted by atomic mass is 32.1. The van der Waals surface area contributed by atoms with Crippen molar-refractivity contribution in [1.82, 2.24) is 23.5 Å². The third kappa shape index (κ3) is 4.50. The molecule has 1 saturated heterocycles. The molecular weight excluding hydrogens is 358 g/mol. The zero-order chi connectivity index (χ0) is 18.6. The summed E-state index contributed by atoms with van der Waals surface area (Å²) in [6, 6.07) is 12.5. The minimum atomic E-state index is -0.336. The molecule has 1 N–H and O–H groups in total. The number of aromatic nitrogens is 3. The normalized spacial score (nSPS) is 21.1. The van der Waals surface area contributed by atoms with Gasteiger partial charge in [0.15, 0.2) is 0 Å². The maximum atomic E-state index is 10.7. The Morgan fingerprint density at radius 2 is 2.11 bits per heavy atom. The summed E-state index contributed by atoms with van der Waals surface area (Å²) in [5.74, 6) is 0. The Labute approximate surface area is 163 Å². The molecule has 2 atom stereocenters. The van der Waals surface area contributed by atoms with Gasteiger partial charge >= 0.3 is 0 Å². The predicted octanol–water partition coefficient (Wildman–Crippen LogP) is 2.20. The Hall–Kier alpha value is -1.93. The average Bonchev–Trinajstić information content (AvgIpc) is 3.15. The molecule has 0 saturated carbocycles. The number of piperidine rings is 1. The summed E-state index contributed by atoms with van der Waals surface area (Å²) < 4.78 is 8.57. The van der Waals surface area contributed by atoms with Crippen LogP contribution in [-0.4, -0.2) is 67.5 Å². The second kappa shape index (κ2) is 8.39. The van der Waals surface area contributed by atoms with E-state index < -0.39 is 0 Å². The van der Waals surface area contributed by atoms with Crippen LogP contribution in [0.1, 0.15) is 17.7 Å². The summed E-state index contributed by atoms with van der Waals surface area (Å²) in [5.41, 5.74) is 4.24. The second-order valence-corrected chi connectivity index (χ2v) is 7.83. The molecule has 4 rings (SSSR count). The van der Waals surface area contributed by atoms with E-state index in [1.165, 1.54) is 17.3 Å². The van der Waals surface area contributed by atoms with Crippen LogP contribution in [0.3, 0.4) is 0 Å². The minimum Gasteiger partial charge on any atom is -0.390 e. The number of likely N-dealkylation sites (tertiary alicyclic amines) is 1. The summed E-state index contributed by atoms with van der Waals surface area (Å²) in [5, 5.41) is 10.7. The largest absolute Gasteiger partial charge is 0.390 e. The van der Waals surface area contributed by atoms with E-state index >= 15 is 0 Å². The first-order chi connectivity index (χ1) is 13.2. The molecule has 3 heterocycles. The molecule has 2 aromatic heterocycles. The van der Waals surface area contributed by atoms with Crippen molar-refractivity contribution in [3.05, 3.63) is 53.9 Å². The molecule has 0 aliphatic carbocycles. The first kappa shape index (κ1) is 18.4. The minimum absolute atomic E-state index is 0.204. The van der Waals surface area contributed by atoms with Crippen molar-refractivity contribution in [3.8, 4) is 0 Å². The Morgan fingerprint density at radius 1 is 1.22 bits per heavy atom. The highest BCUT2D eigenvalue weighted by Crippen LogP contribution is 2.20. The fourth-order valence-electron chi connectivity index (χ4n) is 3.83. The lowest BCUT2D eigenvalue weighted by Gasteiger charge is -2.40. The van der Waals surface area contributed by atoms with Gasteiger partial charge in [0.1, 0.15) is 11.0 Å². The van der Waals surface area contributed by atoms with Gasteiger partial charge in [-0.3, -0.25) is 9.88 Å². The summed E-state index contributed by atoms with van der Waals surface area (Å²) in [4.78, 5) is 8.99. The van der Waals surface area contributed by atoms with Crippen LogP contribution in [0, 0.1) is 0 Å². The number of pyridine rings is 1. The maximum Gasteiger partial charge on any atom is 0.105 e. The lowest BCUT2D eigenvalue weighted by atomic mass is 9.99. The number of likely N-dealkylation sites (N-methyl/N-ethyl adjacent to an activating group) is 1. The molecule has 1 aromatic carbocycles.